The van der Waals surface area contributed by atoms with Gasteiger partial charge in [0.1, 0.15) is 0 Å². The predicted molar refractivity (Wildman–Crippen MR) is 89.8 cm³/mol. The molecule has 0 fully saturated rings. The highest BCUT2D eigenvalue weighted by molar-refractivity contribution is 6.04. The lowest BCUT2D eigenvalue weighted by atomic mass is 10.1. The van der Waals surface area contributed by atoms with Crippen molar-refractivity contribution in [3.8, 4) is 0 Å². The summed E-state index contributed by atoms with van der Waals surface area (Å²) in [5.41, 5.74) is 2.05. The minimum Gasteiger partial charge on any atom is -0.323 e. The number of carbonyl (C=O) groups is 2. The van der Waals surface area contributed by atoms with Crippen LogP contribution in [-0.2, 0) is 9.59 Å². The molecule has 2 aromatic carbocycles. The molecule has 0 spiro atoms. The van der Waals surface area contributed by atoms with Gasteiger partial charge in [0, 0.05) is 17.5 Å². The van der Waals surface area contributed by atoms with Crippen LogP contribution in [0.2, 0.25) is 0 Å². The second kappa shape index (κ2) is 7.65. The van der Waals surface area contributed by atoms with Crippen LogP contribution >= 0.6 is 0 Å². The maximum atomic E-state index is 12.2. The Balaban J connectivity index is 1.99. The Hall–Kier alpha value is -3.09. The summed E-state index contributed by atoms with van der Waals surface area (Å²) >= 11 is 0. The smallest absolute Gasteiger partial charge is 0.323 e. The summed E-state index contributed by atoms with van der Waals surface area (Å²) in [4.78, 5) is 22.8. The van der Waals surface area contributed by atoms with Crippen LogP contribution in [0.25, 0.3) is 5.57 Å². The number of allylic oxidation sites excluding steroid dienone is 1. The first-order valence-electron chi connectivity index (χ1n) is 7.28. The molecule has 2 aromatic rings. The highest BCUT2D eigenvalue weighted by Crippen LogP contribution is 2.20. The SMILES string of the molecule is C/C(=C\C(=O)Nc1ccc(NC(=O)C(F)(F)F)cc1)c1ccccc1. The van der Waals surface area contributed by atoms with Gasteiger partial charge in [0.25, 0.3) is 0 Å². The minimum absolute atomic E-state index is 0.0173. The van der Waals surface area contributed by atoms with Gasteiger partial charge < -0.3 is 10.6 Å². The summed E-state index contributed by atoms with van der Waals surface area (Å²) in [6.45, 7) is 1.80. The Bertz CT molecular complexity index is 782. The standard InChI is InChI=1S/C18H15F3N2O2/c1-12(13-5-3-2-4-6-13)11-16(24)22-14-7-9-15(10-8-14)23-17(25)18(19,20)21/h2-11H,1H3,(H,22,24)(H,23,25)/b12-11+. The number of alkyl halides is 3. The van der Waals surface area contributed by atoms with Crippen molar-refractivity contribution in [2.24, 2.45) is 0 Å². The Labute approximate surface area is 142 Å². The number of hydrogen-bond donors (Lipinski definition) is 2. The molecular weight excluding hydrogens is 333 g/mol. The van der Waals surface area contributed by atoms with E-state index in [2.05, 4.69) is 5.32 Å². The molecule has 0 aliphatic rings. The molecule has 0 bridgehead atoms. The molecule has 130 valence electrons. The summed E-state index contributed by atoms with van der Waals surface area (Å²) in [5, 5.41) is 4.33. The first-order valence-corrected chi connectivity index (χ1v) is 7.28. The van der Waals surface area contributed by atoms with Gasteiger partial charge in [0.2, 0.25) is 5.91 Å². The van der Waals surface area contributed by atoms with E-state index in [1.807, 2.05) is 30.3 Å². The molecule has 4 nitrogen and oxygen atoms in total. The number of hydrogen-bond acceptors (Lipinski definition) is 2. The molecule has 25 heavy (non-hydrogen) atoms. The van der Waals surface area contributed by atoms with E-state index in [1.165, 1.54) is 30.3 Å². The van der Waals surface area contributed by atoms with Crippen molar-refractivity contribution in [2.75, 3.05) is 10.6 Å². The average Bonchev–Trinajstić information content (AvgIpc) is 2.56. The van der Waals surface area contributed by atoms with E-state index in [4.69, 9.17) is 0 Å². The van der Waals surface area contributed by atoms with Crippen molar-refractivity contribution in [3.05, 3.63) is 66.2 Å². The fraction of sp³-hybridized carbons (Fsp3) is 0.111. The molecule has 0 unspecified atom stereocenters. The lowest BCUT2D eigenvalue weighted by Crippen LogP contribution is -2.29. The Morgan fingerprint density at radius 1 is 0.880 bits per heavy atom. The fourth-order valence-corrected chi connectivity index (χ4v) is 2.00. The maximum absolute atomic E-state index is 12.2. The van der Waals surface area contributed by atoms with Crippen LogP contribution in [0.1, 0.15) is 12.5 Å². The third-order valence-corrected chi connectivity index (χ3v) is 3.24. The van der Waals surface area contributed by atoms with Crippen LogP contribution in [0.5, 0.6) is 0 Å². The van der Waals surface area contributed by atoms with Gasteiger partial charge in [0.05, 0.1) is 0 Å². The Kier molecular flexibility index (Phi) is 5.59. The highest BCUT2D eigenvalue weighted by atomic mass is 19.4. The van der Waals surface area contributed by atoms with Crippen LogP contribution < -0.4 is 10.6 Å². The summed E-state index contributed by atoms with van der Waals surface area (Å²) in [6, 6.07) is 14.7. The van der Waals surface area contributed by atoms with Crippen molar-refractivity contribution in [1.29, 1.82) is 0 Å². The Morgan fingerprint density at radius 3 is 1.92 bits per heavy atom. The zero-order valence-electron chi connectivity index (χ0n) is 13.2. The zero-order valence-corrected chi connectivity index (χ0v) is 13.2. The third-order valence-electron chi connectivity index (χ3n) is 3.24. The van der Waals surface area contributed by atoms with E-state index in [-0.39, 0.29) is 11.6 Å². The van der Waals surface area contributed by atoms with Gasteiger partial charge in [-0.05, 0) is 42.3 Å². The van der Waals surface area contributed by atoms with Crippen LogP contribution in [0.3, 0.4) is 0 Å². The number of amides is 2. The van der Waals surface area contributed by atoms with Gasteiger partial charge in [-0.15, -0.1) is 0 Å². The predicted octanol–water partition coefficient (Wildman–Crippen LogP) is 4.23. The van der Waals surface area contributed by atoms with Crippen molar-refractivity contribution >= 4 is 28.8 Å². The number of carbonyl (C=O) groups excluding carboxylic acids is 2. The van der Waals surface area contributed by atoms with Crippen molar-refractivity contribution in [1.82, 2.24) is 0 Å². The second-order valence-corrected chi connectivity index (χ2v) is 5.21. The van der Waals surface area contributed by atoms with Gasteiger partial charge >= 0.3 is 12.1 Å². The summed E-state index contributed by atoms with van der Waals surface area (Å²) in [5.74, 6) is -2.42. The van der Waals surface area contributed by atoms with Gasteiger partial charge in [-0.1, -0.05) is 30.3 Å². The average molecular weight is 348 g/mol. The molecule has 0 heterocycles. The zero-order chi connectivity index (χ0) is 18.4. The summed E-state index contributed by atoms with van der Waals surface area (Å²) < 4.78 is 36.5. The molecule has 0 aromatic heterocycles. The molecule has 0 saturated carbocycles. The van der Waals surface area contributed by atoms with Crippen LogP contribution in [0.15, 0.2) is 60.7 Å². The van der Waals surface area contributed by atoms with E-state index in [1.54, 1.807) is 12.2 Å². The number of anilines is 2. The van der Waals surface area contributed by atoms with Crippen molar-refractivity contribution < 1.29 is 22.8 Å². The quantitative estimate of drug-likeness (QED) is 0.813. The van der Waals surface area contributed by atoms with Gasteiger partial charge in [-0.2, -0.15) is 13.2 Å². The molecule has 0 aliphatic carbocycles. The third kappa shape index (κ3) is 5.49. The second-order valence-electron chi connectivity index (χ2n) is 5.21. The van der Waals surface area contributed by atoms with E-state index < -0.39 is 12.1 Å². The van der Waals surface area contributed by atoms with Crippen LogP contribution in [0.4, 0.5) is 24.5 Å². The van der Waals surface area contributed by atoms with E-state index in [0.717, 1.165) is 11.1 Å². The molecule has 0 aliphatic heterocycles. The first kappa shape index (κ1) is 18.3. The molecular formula is C18H15F3N2O2. The largest absolute Gasteiger partial charge is 0.471 e. The lowest BCUT2D eigenvalue weighted by molar-refractivity contribution is -0.167. The van der Waals surface area contributed by atoms with Crippen molar-refractivity contribution in [3.63, 3.8) is 0 Å². The van der Waals surface area contributed by atoms with E-state index in [0.29, 0.717) is 5.69 Å². The molecule has 2 N–H and O–H groups in total. The Morgan fingerprint density at radius 2 is 1.40 bits per heavy atom. The molecule has 0 saturated heterocycles. The first-order chi connectivity index (χ1) is 11.8. The minimum atomic E-state index is -4.95. The normalized spacial score (nSPS) is 11.8. The lowest BCUT2D eigenvalue weighted by Gasteiger charge is -2.09. The van der Waals surface area contributed by atoms with Crippen LogP contribution in [-0.4, -0.2) is 18.0 Å². The van der Waals surface area contributed by atoms with Crippen molar-refractivity contribution in [2.45, 2.75) is 13.1 Å². The van der Waals surface area contributed by atoms with Crippen LogP contribution in [0, 0.1) is 0 Å². The number of nitrogens with one attached hydrogen (secondary N) is 2. The maximum Gasteiger partial charge on any atom is 0.471 e. The van der Waals surface area contributed by atoms with E-state index in [9.17, 15) is 22.8 Å². The highest BCUT2D eigenvalue weighted by Gasteiger charge is 2.38. The molecule has 7 heteroatoms. The molecule has 2 rings (SSSR count). The molecule has 2 amide bonds. The molecule has 0 radical (unpaired) electrons. The number of halogens is 3. The topological polar surface area (TPSA) is 58.2 Å². The van der Waals surface area contributed by atoms with Gasteiger partial charge in [0.15, 0.2) is 0 Å². The van der Waals surface area contributed by atoms with E-state index >= 15 is 0 Å². The fourth-order valence-electron chi connectivity index (χ4n) is 2.00. The summed E-state index contributed by atoms with van der Waals surface area (Å²) in [7, 11) is 0. The summed E-state index contributed by atoms with van der Waals surface area (Å²) in [6.07, 6.45) is -3.53. The molecule has 0 atom stereocenters. The van der Waals surface area contributed by atoms with Gasteiger partial charge in [-0.3, -0.25) is 9.59 Å². The number of benzene rings is 2. The van der Waals surface area contributed by atoms with Gasteiger partial charge in [-0.25, -0.2) is 0 Å². The number of rotatable bonds is 4. The monoisotopic (exact) mass is 348 g/mol.